The molecule has 1 saturated carbocycles. The number of hydrogen-bond acceptors (Lipinski definition) is 3. The second-order valence-electron chi connectivity index (χ2n) is 6.01. The second kappa shape index (κ2) is 5.71. The first-order valence-electron chi connectivity index (χ1n) is 6.45. The van der Waals surface area contributed by atoms with Crippen LogP contribution in [0.4, 0.5) is 4.79 Å². The first-order valence-corrected chi connectivity index (χ1v) is 6.45. The summed E-state index contributed by atoms with van der Waals surface area (Å²) in [5.41, 5.74) is -0.456. The van der Waals surface area contributed by atoms with Crippen LogP contribution in [0.2, 0.25) is 0 Å². The van der Waals surface area contributed by atoms with Crippen LogP contribution in [0.3, 0.4) is 0 Å². The van der Waals surface area contributed by atoms with E-state index in [1.807, 2.05) is 27.7 Å². The lowest BCUT2D eigenvalue weighted by Crippen LogP contribution is -2.42. The van der Waals surface area contributed by atoms with Gasteiger partial charge in [-0.25, -0.2) is 4.79 Å². The van der Waals surface area contributed by atoms with Gasteiger partial charge in [0.15, 0.2) is 0 Å². The summed E-state index contributed by atoms with van der Waals surface area (Å²) < 4.78 is 5.22. The van der Waals surface area contributed by atoms with Crippen molar-refractivity contribution in [1.82, 2.24) is 5.32 Å². The molecule has 0 aromatic heterocycles. The van der Waals surface area contributed by atoms with Gasteiger partial charge >= 0.3 is 6.09 Å². The zero-order valence-electron chi connectivity index (χ0n) is 11.3. The molecular weight excluding hydrogens is 218 g/mol. The van der Waals surface area contributed by atoms with Crippen LogP contribution in [0.25, 0.3) is 0 Å². The molecule has 17 heavy (non-hydrogen) atoms. The summed E-state index contributed by atoms with van der Waals surface area (Å²) in [6.45, 7) is 7.38. The van der Waals surface area contributed by atoms with Gasteiger partial charge in [0.05, 0.1) is 6.10 Å². The van der Waals surface area contributed by atoms with E-state index in [1.165, 1.54) is 0 Å². The van der Waals surface area contributed by atoms with Gasteiger partial charge in [-0.15, -0.1) is 0 Å². The van der Waals surface area contributed by atoms with Gasteiger partial charge in [-0.1, -0.05) is 6.42 Å². The first-order chi connectivity index (χ1) is 7.78. The van der Waals surface area contributed by atoms with E-state index in [9.17, 15) is 9.90 Å². The Morgan fingerprint density at radius 2 is 2.06 bits per heavy atom. The molecule has 0 heterocycles. The number of ether oxygens (including phenoxy) is 1. The molecule has 0 aliphatic heterocycles. The highest BCUT2D eigenvalue weighted by Crippen LogP contribution is 2.27. The Bertz CT molecular complexity index is 258. The molecular formula is C13H25NO3. The van der Waals surface area contributed by atoms with Gasteiger partial charge in [0, 0.05) is 6.04 Å². The van der Waals surface area contributed by atoms with Crippen molar-refractivity contribution in [3.63, 3.8) is 0 Å². The predicted molar refractivity (Wildman–Crippen MR) is 66.8 cm³/mol. The van der Waals surface area contributed by atoms with E-state index in [4.69, 9.17) is 4.74 Å². The lowest BCUT2D eigenvalue weighted by molar-refractivity contribution is 0.0442. The minimum absolute atomic E-state index is 0.137. The smallest absolute Gasteiger partial charge is 0.407 e. The summed E-state index contributed by atoms with van der Waals surface area (Å²) in [7, 11) is 0. The summed E-state index contributed by atoms with van der Waals surface area (Å²) in [4.78, 5) is 11.6. The molecule has 1 aliphatic carbocycles. The zero-order valence-corrected chi connectivity index (χ0v) is 11.3. The maximum Gasteiger partial charge on any atom is 0.407 e. The average molecular weight is 243 g/mol. The van der Waals surface area contributed by atoms with Crippen LogP contribution in [-0.4, -0.2) is 28.9 Å². The lowest BCUT2D eigenvalue weighted by Gasteiger charge is -2.32. The Morgan fingerprint density at radius 3 is 2.59 bits per heavy atom. The van der Waals surface area contributed by atoms with Gasteiger partial charge in [0.1, 0.15) is 5.60 Å². The Balaban J connectivity index is 2.38. The van der Waals surface area contributed by atoms with E-state index in [0.717, 1.165) is 25.7 Å². The molecule has 4 heteroatoms. The molecule has 0 spiro atoms. The van der Waals surface area contributed by atoms with Crippen LogP contribution in [0.5, 0.6) is 0 Å². The third-order valence-electron chi connectivity index (χ3n) is 3.12. The van der Waals surface area contributed by atoms with Gasteiger partial charge in [0.25, 0.3) is 0 Å². The molecule has 0 radical (unpaired) electrons. The van der Waals surface area contributed by atoms with Crippen molar-refractivity contribution < 1.29 is 14.6 Å². The summed E-state index contributed by atoms with van der Waals surface area (Å²) in [6, 6.07) is 0.137. The molecule has 0 aromatic rings. The van der Waals surface area contributed by atoms with Crippen molar-refractivity contribution >= 4 is 6.09 Å². The van der Waals surface area contributed by atoms with Crippen LogP contribution in [0.15, 0.2) is 0 Å². The molecule has 1 amide bonds. The van der Waals surface area contributed by atoms with Crippen molar-refractivity contribution in [3.8, 4) is 0 Å². The Morgan fingerprint density at radius 1 is 1.41 bits per heavy atom. The van der Waals surface area contributed by atoms with E-state index in [1.54, 1.807) is 0 Å². The van der Waals surface area contributed by atoms with Crippen LogP contribution in [0, 0.1) is 5.92 Å². The SMILES string of the molecule is C[C@@H](O)C1CCC[C@@H](NC(=O)OC(C)(C)C)C1. The molecule has 2 N–H and O–H groups in total. The molecule has 1 unspecified atom stereocenters. The molecule has 1 aliphatic rings. The number of carbonyl (C=O) groups is 1. The van der Waals surface area contributed by atoms with Crippen molar-refractivity contribution in [2.45, 2.75) is 71.1 Å². The molecule has 100 valence electrons. The highest BCUT2D eigenvalue weighted by molar-refractivity contribution is 5.68. The highest BCUT2D eigenvalue weighted by Gasteiger charge is 2.27. The fourth-order valence-corrected chi connectivity index (χ4v) is 2.27. The number of alkyl carbamates (subject to hydrolysis) is 1. The fraction of sp³-hybridized carbons (Fsp3) is 0.923. The maximum absolute atomic E-state index is 11.6. The van der Waals surface area contributed by atoms with Crippen molar-refractivity contribution in [2.75, 3.05) is 0 Å². The molecule has 0 bridgehead atoms. The molecule has 0 saturated heterocycles. The topological polar surface area (TPSA) is 58.6 Å². The quantitative estimate of drug-likeness (QED) is 0.783. The van der Waals surface area contributed by atoms with E-state index >= 15 is 0 Å². The third kappa shape index (κ3) is 5.39. The zero-order chi connectivity index (χ0) is 13.1. The van der Waals surface area contributed by atoms with E-state index in [-0.39, 0.29) is 18.2 Å². The van der Waals surface area contributed by atoms with Crippen LogP contribution in [-0.2, 0) is 4.74 Å². The number of aliphatic hydroxyl groups excluding tert-OH is 1. The average Bonchev–Trinajstić information content (AvgIpc) is 2.14. The van der Waals surface area contributed by atoms with Gasteiger partial charge in [-0.2, -0.15) is 0 Å². The monoisotopic (exact) mass is 243 g/mol. The minimum atomic E-state index is -0.456. The standard InChI is InChI=1S/C13H25NO3/c1-9(15)10-6-5-7-11(8-10)14-12(16)17-13(2,3)4/h9-11,15H,5-8H2,1-4H3,(H,14,16)/t9-,10?,11-/m1/s1. The van der Waals surface area contributed by atoms with E-state index in [0.29, 0.717) is 5.92 Å². The minimum Gasteiger partial charge on any atom is -0.444 e. The van der Waals surface area contributed by atoms with E-state index in [2.05, 4.69) is 5.32 Å². The Labute approximate surface area is 104 Å². The predicted octanol–water partition coefficient (Wildman–Crippen LogP) is 2.45. The Kier molecular flexibility index (Phi) is 4.80. The number of nitrogens with one attached hydrogen (secondary N) is 1. The molecule has 1 rings (SSSR count). The summed E-state index contributed by atoms with van der Waals surface area (Å²) in [5.74, 6) is 0.295. The highest BCUT2D eigenvalue weighted by atomic mass is 16.6. The second-order valence-corrected chi connectivity index (χ2v) is 6.01. The largest absolute Gasteiger partial charge is 0.444 e. The maximum atomic E-state index is 11.6. The van der Waals surface area contributed by atoms with Crippen LogP contribution < -0.4 is 5.32 Å². The van der Waals surface area contributed by atoms with Crippen LogP contribution in [0.1, 0.15) is 53.4 Å². The number of rotatable bonds is 2. The van der Waals surface area contributed by atoms with Crippen LogP contribution >= 0.6 is 0 Å². The number of amides is 1. The summed E-state index contributed by atoms with van der Waals surface area (Å²) in [5, 5.41) is 12.5. The normalized spacial score (nSPS) is 27.4. The number of aliphatic hydroxyl groups is 1. The molecule has 0 aromatic carbocycles. The van der Waals surface area contributed by atoms with E-state index < -0.39 is 5.60 Å². The number of hydrogen-bond donors (Lipinski definition) is 2. The fourth-order valence-electron chi connectivity index (χ4n) is 2.27. The van der Waals surface area contributed by atoms with Gasteiger partial charge in [-0.3, -0.25) is 0 Å². The first kappa shape index (κ1) is 14.3. The van der Waals surface area contributed by atoms with Gasteiger partial charge in [-0.05, 0) is 52.9 Å². The van der Waals surface area contributed by atoms with Crippen molar-refractivity contribution in [1.29, 1.82) is 0 Å². The van der Waals surface area contributed by atoms with Crippen molar-refractivity contribution in [2.24, 2.45) is 5.92 Å². The molecule has 3 atom stereocenters. The molecule has 1 fully saturated rings. The lowest BCUT2D eigenvalue weighted by atomic mass is 9.83. The van der Waals surface area contributed by atoms with Gasteiger partial charge in [0.2, 0.25) is 0 Å². The number of carbonyl (C=O) groups excluding carboxylic acids is 1. The summed E-state index contributed by atoms with van der Waals surface area (Å²) >= 11 is 0. The summed E-state index contributed by atoms with van der Waals surface area (Å²) in [6.07, 6.45) is 3.27. The van der Waals surface area contributed by atoms with Gasteiger partial charge < -0.3 is 15.2 Å². The third-order valence-corrected chi connectivity index (χ3v) is 3.12. The van der Waals surface area contributed by atoms with Crippen molar-refractivity contribution in [3.05, 3.63) is 0 Å². The molecule has 4 nitrogen and oxygen atoms in total. The Hall–Kier alpha value is -0.770.